The lowest BCUT2D eigenvalue weighted by atomic mass is 10.2. The Balaban J connectivity index is 1.75. The zero-order valence-corrected chi connectivity index (χ0v) is 15.5. The summed E-state index contributed by atoms with van der Waals surface area (Å²) in [6.45, 7) is 1.86. The Kier molecular flexibility index (Phi) is 7.49. The van der Waals surface area contributed by atoms with Crippen LogP contribution in [0.1, 0.15) is 15.9 Å². The molecule has 0 aromatic heterocycles. The van der Waals surface area contributed by atoms with E-state index in [0.717, 1.165) is 18.3 Å². The topological polar surface area (TPSA) is 66.0 Å². The van der Waals surface area contributed by atoms with Crippen molar-refractivity contribution in [3.05, 3.63) is 65.7 Å². The summed E-state index contributed by atoms with van der Waals surface area (Å²) >= 11 is 0. The fraction of sp³-hybridized carbons (Fsp3) is 0.300. The molecule has 0 radical (unpaired) electrons. The van der Waals surface area contributed by atoms with E-state index in [1.54, 1.807) is 38.4 Å². The van der Waals surface area contributed by atoms with E-state index >= 15 is 0 Å². The summed E-state index contributed by atoms with van der Waals surface area (Å²) in [5.41, 5.74) is 1.82. The largest absolute Gasteiger partial charge is 0.497 e. The van der Waals surface area contributed by atoms with Crippen LogP contribution < -0.4 is 15.4 Å². The molecule has 138 valence electrons. The lowest BCUT2D eigenvalue weighted by molar-refractivity contribution is 0.0954. The molecule has 0 saturated carbocycles. The maximum Gasteiger partial charge on any atom is 0.251 e. The van der Waals surface area contributed by atoms with Crippen molar-refractivity contribution in [3.63, 3.8) is 0 Å². The number of ether oxygens (including phenoxy) is 1. The van der Waals surface area contributed by atoms with Crippen molar-refractivity contribution in [2.45, 2.75) is 6.54 Å². The molecule has 6 nitrogen and oxygen atoms in total. The van der Waals surface area contributed by atoms with Crippen LogP contribution in [0.15, 0.2) is 59.6 Å². The third kappa shape index (κ3) is 5.81. The van der Waals surface area contributed by atoms with Crippen LogP contribution >= 0.6 is 0 Å². The molecule has 1 amide bonds. The monoisotopic (exact) mass is 354 g/mol. The highest BCUT2D eigenvalue weighted by Crippen LogP contribution is 2.10. The van der Waals surface area contributed by atoms with Crippen LogP contribution in [-0.4, -0.2) is 51.1 Å². The average Bonchev–Trinajstić information content (AvgIpc) is 2.68. The summed E-state index contributed by atoms with van der Waals surface area (Å²) in [5, 5.41) is 6.14. The summed E-state index contributed by atoms with van der Waals surface area (Å²) in [7, 11) is 5.33. The fourth-order valence-corrected chi connectivity index (χ4v) is 2.51. The maximum atomic E-state index is 12.1. The number of carbonyl (C=O) groups is 1. The minimum atomic E-state index is -0.109. The molecule has 6 heteroatoms. The predicted octanol–water partition coefficient (Wildman–Crippen LogP) is 2.13. The molecule has 0 heterocycles. The van der Waals surface area contributed by atoms with Crippen molar-refractivity contribution < 1.29 is 9.53 Å². The summed E-state index contributed by atoms with van der Waals surface area (Å²) in [4.78, 5) is 18.4. The first kappa shape index (κ1) is 19.3. The van der Waals surface area contributed by atoms with Gasteiger partial charge in [-0.25, -0.2) is 0 Å². The van der Waals surface area contributed by atoms with Crippen LogP contribution in [0.4, 0.5) is 0 Å². The number of rotatable bonds is 7. The molecular weight excluding hydrogens is 328 g/mol. The van der Waals surface area contributed by atoms with E-state index in [1.165, 1.54) is 5.56 Å². The molecular formula is C20H26N4O2. The maximum absolute atomic E-state index is 12.1. The molecule has 0 saturated heterocycles. The van der Waals surface area contributed by atoms with Gasteiger partial charge in [0.25, 0.3) is 5.91 Å². The normalized spacial score (nSPS) is 11.0. The zero-order chi connectivity index (χ0) is 18.8. The molecule has 26 heavy (non-hydrogen) atoms. The molecule has 2 aromatic carbocycles. The number of nitrogens with one attached hydrogen (secondary N) is 2. The minimum Gasteiger partial charge on any atom is -0.497 e. The summed E-state index contributed by atoms with van der Waals surface area (Å²) in [6, 6.07) is 17.2. The quantitative estimate of drug-likeness (QED) is 0.454. The second-order valence-corrected chi connectivity index (χ2v) is 5.80. The van der Waals surface area contributed by atoms with Crippen molar-refractivity contribution in [3.8, 4) is 5.75 Å². The third-order valence-corrected chi connectivity index (χ3v) is 3.88. The van der Waals surface area contributed by atoms with Gasteiger partial charge in [-0.3, -0.25) is 9.79 Å². The van der Waals surface area contributed by atoms with Gasteiger partial charge in [0.15, 0.2) is 5.96 Å². The first-order valence-corrected chi connectivity index (χ1v) is 8.52. The Morgan fingerprint density at radius 2 is 1.69 bits per heavy atom. The zero-order valence-electron chi connectivity index (χ0n) is 15.5. The van der Waals surface area contributed by atoms with Gasteiger partial charge < -0.3 is 20.3 Å². The van der Waals surface area contributed by atoms with Crippen LogP contribution in [0, 0.1) is 0 Å². The molecule has 2 aromatic rings. The Morgan fingerprint density at radius 3 is 2.31 bits per heavy atom. The standard InChI is InChI=1S/C20H26N4O2/c1-21-20(24(2)15-16-7-5-4-6-8-16)23-14-13-22-19(25)17-9-11-18(26-3)12-10-17/h4-12H,13-15H2,1-3H3,(H,21,23)(H,22,25). The first-order chi connectivity index (χ1) is 12.6. The van der Waals surface area contributed by atoms with Crippen LogP contribution in [0.5, 0.6) is 5.75 Å². The summed E-state index contributed by atoms with van der Waals surface area (Å²) in [5.74, 6) is 1.41. The van der Waals surface area contributed by atoms with Crippen LogP contribution in [0.25, 0.3) is 0 Å². The van der Waals surface area contributed by atoms with E-state index in [1.807, 2.05) is 30.1 Å². The van der Waals surface area contributed by atoms with Crippen LogP contribution in [-0.2, 0) is 6.54 Å². The van der Waals surface area contributed by atoms with Gasteiger partial charge in [-0.05, 0) is 29.8 Å². The molecule has 0 unspecified atom stereocenters. The van der Waals surface area contributed by atoms with E-state index in [4.69, 9.17) is 4.74 Å². The molecule has 0 atom stereocenters. The Labute approximate surface area is 154 Å². The van der Waals surface area contributed by atoms with E-state index in [9.17, 15) is 4.79 Å². The van der Waals surface area contributed by atoms with Gasteiger partial charge in [0.1, 0.15) is 5.75 Å². The van der Waals surface area contributed by atoms with Gasteiger partial charge in [0.2, 0.25) is 0 Å². The second kappa shape index (κ2) is 10.1. The number of guanidine groups is 1. The highest BCUT2D eigenvalue weighted by atomic mass is 16.5. The van der Waals surface area contributed by atoms with Gasteiger partial charge in [0.05, 0.1) is 7.11 Å². The van der Waals surface area contributed by atoms with Gasteiger partial charge in [-0.15, -0.1) is 0 Å². The van der Waals surface area contributed by atoms with Gasteiger partial charge in [0, 0.05) is 39.3 Å². The predicted molar refractivity (Wildman–Crippen MR) is 105 cm³/mol. The summed E-state index contributed by atoms with van der Waals surface area (Å²) in [6.07, 6.45) is 0. The minimum absolute atomic E-state index is 0.109. The lowest BCUT2D eigenvalue weighted by Gasteiger charge is -2.22. The smallest absolute Gasteiger partial charge is 0.251 e. The van der Waals surface area contributed by atoms with Crippen molar-refractivity contribution in [1.82, 2.24) is 15.5 Å². The number of methoxy groups -OCH3 is 1. The van der Waals surface area contributed by atoms with Crippen molar-refractivity contribution >= 4 is 11.9 Å². The molecule has 0 bridgehead atoms. The Hall–Kier alpha value is -3.02. The Bertz CT molecular complexity index is 714. The van der Waals surface area contributed by atoms with E-state index in [-0.39, 0.29) is 5.91 Å². The second-order valence-electron chi connectivity index (χ2n) is 5.80. The molecule has 2 N–H and O–H groups in total. The first-order valence-electron chi connectivity index (χ1n) is 8.52. The average molecular weight is 354 g/mol. The van der Waals surface area contributed by atoms with Crippen LogP contribution in [0.3, 0.4) is 0 Å². The number of hydrogen-bond donors (Lipinski definition) is 2. The highest BCUT2D eigenvalue weighted by molar-refractivity contribution is 5.94. The lowest BCUT2D eigenvalue weighted by Crippen LogP contribution is -2.42. The third-order valence-electron chi connectivity index (χ3n) is 3.88. The fourth-order valence-electron chi connectivity index (χ4n) is 2.51. The number of nitrogens with zero attached hydrogens (tertiary/aromatic N) is 2. The van der Waals surface area contributed by atoms with E-state index in [0.29, 0.717) is 18.7 Å². The summed E-state index contributed by atoms with van der Waals surface area (Å²) < 4.78 is 5.09. The Morgan fingerprint density at radius 1 is 1.04 bits per heavy atom. The van der Waals surface area contributed by atoms with Crippen molar-refractivity contribution in [2.75, 3.05) is 34.3 Å². The number of carbonyl (C=O) groups excluding carboxylic acids is 1. The van der Waals surface area contributed by atoms with Crippen LogP contribution in [0.2, 0.25) is 0 Å². The van der Waals surface area contributed by atoms with Crippen molar-refractivity contribution in [1.29, 1.82) is 0 Å². The van der Waals surface area contributed by atoms with Gasteiger partial charge in [-0.1, -0.05) is 30.3 Å². The molecule has 0 aliphatic rings. The number of hydrogen-bond acceptors (Lipinski definition) is 3. The van der Waals surface area contributed by atoms with Gasteiger partial charge in [-0.2, -0.15) is 0 Å². The van der Waals surface area contributed by atoms with E-state index in [2.05, 4.69) is 27.8 Å². The molecule has 2 rings (SSSR count). The molecule has 0 aliphatic carbocycles. The van der Waals surface area contributed by atoms with E-state index < -0.39 is 0 Å². The molecule has 0 spiro atoms. The SMILES string of the molecule is CN=C(NCCNC(=O)c1ccc(OC)cc1)N(C)Cc1ccccc1. The molecule has 0 aliphatic heterocycles. The molecule has 0 fully saturated rings. The number of aliphatic imine (C=N–C) groups is 1. The number of benzene rings is 2. The van der Waals surface area contributed by atoms with Gasteiger partial charge >= 0.3 is 0 Å². The number of amides is 1. The van der Waals surface area contributed by atoms with Crippen molar-refractivity contribution in [2.24, 2.45) is 4.99 Å². The highest BCUT2D eigenvalue weighted by Gasteiger charge is 2.07.